The average molecular weight is 520 g/mol. The van der Waals surface area contributed by atoms with E-state index in [-0.39, 0.29) is 24.8 Å². The van der Waals surface area contributed by atoms with Crippen molar-refractivity contribution in [1.82, 2.24) is 0 Å². The molecule has 0 spiro atoms. The van der Waals surface area contributed by atoms with E-state index in [2.05, 4.69) is 64.2 Å². The van der Waals surface area contributed by atoms with Gasteiger partial charge in [-0.3, -0.25) is 0 Å². The summed E-state index contributed by atoms with van der Waals surface area (Å²) in [6.45, 7) is 9.65. The molecule has 0 aromatic rings. The Labute approximate surface area is 167 Å². The standard InChI is InChI=1S/2C10H15.2ClH.Hf/c2*1-3-4-7-10-8-5-6-9(10)2;;;/h2*5-6,8H,3-4,7H2,1-2H3;2*1H;/q;;;;+2/p-2. The number of unbranched alkanes of at least 4 members (excludes halogenated alkanes) is 2. The third-order valence-electron chi connectivity index (χ3n) is 4.91. The quantitative estimate of drug-likeness (QED) is 0.417. The van der Waals surface area contributed by atoms with Gasteiger partial charge in [-0.25, -0.2) is 0 Å². The maximum atomic E-state index is 2.52. The van der Waals surface area contributed by atoms with Crippen molar-refractivity contribution < 1.29 is 47.7 Å². The van der Waals surface area contributed by atoms with E-state index in [1.807, 2.05) is 0 Å². The molecule has 3 heteroatoms. The average Bonchev–Trinajstić information content (AvgIpc) is 2.97. The van der Waals surface area contributed by atoms with Gasteiger partial charge in [0.2, 0.25) is 0 Å². The SMILES string of the molecule is CCCCC1=CC=C[C]1(C)[Hf+2][C]1(C)C=CC=C1CCCC.[Cl-].[Cl-]. The van der Waals surface area contributed by atoms with Crippen LogP contribution in [0.3, 0.4) is 0 Å². The van der Waals surface area contributed by atoms with Gasteiger partial charge in [0.1, 0.15) is 0 Å². The fraction of sp³-hybridized carbons (Fsp3) is 0.600. The van der Waals surface area contributed by atoms with E-state index in [0.717, 1.165) is 0 Å². The maximum Gasteiger partial charge on any atom is -1.00 e. The maximum absolute atomic E-state index is 2.52. The fourth-order valence-corrected chi connectivity index (χ4v) is 11.3. The number of halogens is 2. The minimum atomic E-state index is -0.894. The van der Waals surface area contributed by atoms with E-state index in [1.165, 1.54) is 38.5 Å². The van der Waals surface area contributed by atoms with Gasteiger partial charge in [-0.2, -0.15) is 0 Å². The zero-order valence-electron chi connectivity index (χ0n) is 15.0. The first-order valence-corrected chi connectivity index (χ1v) is 12.2. The van der Waals surface area contributed by atoms with Crippen LogP contribution in [-0.4, -0.2) is 0 Å². The third-order valence-corrected chi connectivity index (χ3v) is 12.1. The summed E-state index contributed by atoms with van der Waals surface area (Å²) in [7, 11) is 0. The third kappa shape index (κ3) is 5.72. The molecule has 128 valence electrons. The van der Waals surface area contributed by atoms with E-state index < -0.39 is 22.9 Å². The Kier molecular flexibility index (Phi) is 10.6. The fourth-order valence-electron chi connectivity index (χ4n) is 3.48. The topological polar surface area (TPSA) is 0 Å². The summed E-state index contributed by atoms with van der Waals surface area (Å²) in [5, 5.41) is 0. The van der Waals surface area contributed by atoms with Gasteiger partial charge >= 0.3 is 143 Å². The molecule has 0 saturated carbocycles. The van der Waals surface area contributed by atoms with Crippen molar-refractivity contribution >= 4 is 0 Å². The number of hydrogen-bond acceptors (Lipinski definition) is 0. The van der Waals surface area contributed by atoms with Crippen LogP contribution in [0.25, 0.3) is 0 Å². The van der Waals surface area contributed by atoms with Crippen LogP contribution in [-0.2, 0) is 22.9 Å². The predicted octanol–water partition coefficient (Wildman–Crippen LogP) is 0.807. The van der Waals surface area contributed by atoms with Crippen molar-refractivity contribution in [2.24, 2.45) is 0 Å². The summed E-state index contributed by atoms with van der Waals surface area (Å²) < 4.78 is 0.897. The Bertz CT molecular complexity index is 446. The molecule has 0 N–H and O–H groups in total. The first-order valence-electron chi connectivity index (χ1n) is 8.61. The molecule has 0 aliphatic heterocycles. The van der Waals surface area contributed by atoms with Gasteiger partial charge in [0, 0.05) is 0 Å². The van der Waals surface area contributed by atoms with Gasteiger partial charge in [0.25, 0.3) is 0 Å². The molecule has 0 radical (unpaired) electrons. The molecule has 2 aliphatic carbocycles. The molecule has 0 amide bonds. The molecule has 0 saturated heterocycles. The first kappa shape index (κ1) is 23.4. The summed E-state index contributed by atoms with van der Waals surface area (Å²) >= 11 is -0.894. The molecule has 0 nitrogen and oxygen atoms in total. The van der Waals surface area contributed by atoms with Crippen LogP contribution in [0.5, 0.6) is 0 Å². The van der Waals surface area contributed by atoms with Gasteiger partial charge in [-0.05, 0) is 0 Å². The van der Waals surface area contributed by atoms with Gasteiger partial charge in [-0.15, -0.1) is 0 Å². The molecule has 2 rings (SSSR count). The Hall–Kier alpha value is 0.410. The van der Waals surface area contributed by atoms with Gasteiger partial charge in [-0.1, -0.05) is 0 Å². The van der Waals surface area contributed by atoms with Gasteiger partial charge < -0.3 is 24.8 Å². The van der Waals surface area contributed by atoms with Crippen LogP contribution < -0.4 is 24.8 Å². The molecule has 2 unspecified atom stereocenters. The van der Waals surface area contributed by atoms with E-state index in [0.29, 0.717) is 6.34 Å². The Morgan fingerprint density at radius 2 is 1.17 bits per heavy atom. The van der Waals surface area contributed by atoms with Crippen molar-refractivity contribution in [3.05, 3.63) is 47.6 Å². The molecule has 0 aromatic heterocycles. The molecular formula is C20H30Cl2Hf. The second-order valence-corrected chi connectivity index (χ2v) is 15.2. The Morgan fingerprint density at radius 3 is 1.52 bits per heavy atom. The summed E-state index contributed by atoms with van der Waals surface area (Å²) in [5.41, 5.74) is 3.45. The molecule has 0 heterocycles. The van der Waals surface area contributed by atoms with Crippen LogP contribution >= 0.6 is 0 Å². The number of allylic oxidation sites excluding steroid dienone is 8. The van der Waals surface area contributed by atoms with E-state index in [4.69, 9.17) is 0 Å². The monoisotopic (exact) mass is 520 g/mol. The van der Waals surface area contributed by atoms with Crippen LogP contribution in [0, 0.1) is 0 Å². The predicted molar refractivity (Wildman–Crippen MR) is 90.2 cm³/mol. The van der Waals surface area contributed by atoms with Crippen molar-refractivity contribution in [2.75, 3.05) is 0 Å². The van der Waals surface area contributed by atoms with Crippen molar-refractivity contribution in [3.8, 4) is 0 Å². The molecule has 0 aromatic carbocycles. The Morgan fingerprint density at radius 1 is 0.783 bits per heavy atom. The second-order valence-electron chi connectivity index (χ2n) is 6.84. The van der Waals surface area contributed by atoms with Crippen molar-refractivity contribution in [2.45, 2.75) is 72.6 Å². The smallest absolute Gasteiger partial charge is 1.00 e. The minimum Gasteiger partial charge on any atom is -1.00 e. The van der Waals surface area contributed by atoms with Crippen LogP contribution in [0.4, 0.5) is 0 Å². The molecule has 0 fully saturated rings. The second kappa shape index (κ2) is 10.4. The van der Waals surface area contributed by atoms with Crippen LogP contribution in [0.2, 0.25) is 6.34 Å². The normalized spacial score (nSPS) is 27.8. The van der Waals surface area contributed by atoms with Gasteiger partial charge in [0.15, 0.2) is 0 Å². The Balaban J connectivity index is 0.00000242. The zero-order valence-corrected chi connectivity index (χ0v) is 20.1. The molecule has 2 aliphatic rings. The molecular weight excluding hydrogens is 490 g/mol. The van der Waals surface area contributed by atoms with E-state index >= 15 is 0 Å². The van der Waals surface area contributed by atoms with Crippen molar-refractivity contribution in [3.63, 3.8) is 0 Å². The first-order chi connectivity index (χ1) is 10.0. The van der Waals surface area contributed by atoms with Crippen LogP contribution in [0.1, 0.15) is 66.2 Å². The minimum absolute atomic E-state index is 0. The van der Waals surface area contributed by atoms with E-state index in [9.17, 15) is 0 Å². The van der Waals surface area contributed by atoms with Gasteiger partial charge in [0.05, 0.1) is 0 Å². The van der Waals surface area contributed by atoms with Crippen molar-refractivity contribution in [1.29, 1.82) is 0 Å². The van der Waals surface area contributed by atoms with Crippen LogP contribution in [0.15, 0.2) is 47.6 Å². The molecule has 23 heavy (non-hydrogen) atoms. The summed E-state index contributed by atoms with van der Waals surface area (Å²) in [6.07, 6.45) is 22.5. The summed E-state index contributed by atoms with van der Waals surface area (Å²) in [5.74, 6) is 0. The number of hydrogen-bond donors (Lipinski definition) is 0. The number of rotatable bonds is 8. The molecule has 2 atom stereocenters. The van der Waals surface area contributed by atoms with E-state index in [1.54, 1.807) is 11.1 Å². The summed E-state index contributed by atoms with van der Waals surface area (Å²) in [4.78, 5) is 0. The molecule has 0 bridgehead atoms. The largest absolute Gasteiger partial charge is 1.00 e. The summed E-state index contributed by atoms with van der Waals surface area (Å²) in [6, 6.07) is 0. The zero-order chi connectivity index (χ0) is 15.3.